The van der Waals surface area contributed by atoms with Crippen molar-refractivity contribution in [2.45, 2.75) is 26.4 Å². The van der Waals surface area contributed by atoms with Gasteiger partial charge in [-0.1, -0.05) is 48.0 Å². The first-order valence-corrected chi connectivity index (χ1v) is 8.89. The molecule has 2 aromatic carbocycles. The third-order valence-corrected chi connectivity index (χ3v) is 4.79. The lowest BCUT2D eigenvalue weighted by Crippen LogP contribution is -2.20. The summed E-state index contributed by atoms with van der Waals surface area (Å²) in [6.07, 6.45) is 1.02. The largest absolute Gasteiger partial charge is 0.305 e. The van der Waals surface area contributed by atoms with Gasteiger partial charge >= 0.3 is 0 Å². The van der Waals surface area contributed by atoms with E-state index in [0.717, 1.165) is 42.9 Å². The van der Waals surface area contributed by atoms with Gasteiger partial charge in [-0.2, -0.15) is 5.10 Å². The fraction of sp³-hybridized carbons (Fsp3) is 0.238. The summed E-state index contributed by atoms with van der Waals surface area (Å²) in [6, 6.07) is 18.1. The molecular weight excluding hydrogens is 324 g/mol. The minimum atomic E-state index is -0.120. The fourth-order valence-corrected chi connectivity index (χ4v) is 3.36. The van der Waals surface area contributed by atoms with Gasteiger partial charge in [0.05, 0.1) is 5.69 Å². The molecule has 0 fully saturated rings. The van der Waals surface area contributed by atoms with Crippen LogP contribution in [0.3, 0.4) is 0 Å². The number of H-pyrrole nitrogens is 1. The van der Waals surface area contributed by atoms with Crippen molar-refractivity contribution in [3.8, 4) is 0 Å². The lowest BCUT2D eigenvalue weighted by atomic mass is 10.1. The third-order valence-electron chi connectivity index (χ3n) is 4.79. The highest BCUT2D eigenvalue weighted by molar-refractivity contribution is 6.04. The van der Waals surface area contributed by atoms with Crippen molar-refractivity contribution < 1.29 is 4.79 Å². The minimum Gasteiger partial charge on any atom is -0.305 e. The number of hydrogen-bond donors (Lipinski definition) is 2. The molecule has 1 amide bonds. The standard InChI is InChI=1S/C21H22N4O/c1-15-6-5-9-17(12-15)21(26)22-20-18-13-25(14-19(18)23-24-20)11-10-16-7-3-2-4-8-16/h2-9,12H,10-11,13-14H2,1H3,(H2,22,23,24,26). The molecule has 0 bridgehead atoms. The number of aromatic nitrogens is 2. The van der Waals surface area contributed by atoms with Gasteiger partial charge in [0, 0.05) is 30.8 Å². The molecule has 4 rings (SSSR count). The molecule has 0 atom stereocenters. The number of hydrogen-bond acceptors (Lipinski definition) is 3. The Labute approximate surface area is 153 Å². The average Bonchev–Trinajstić information content (AvgIpc) is 3.22. The molecular formula is C21H22N4O. The molecule has 1 aliphatic heterocycles. The van der Waals surface area contributed by atoms with Crippen LogP contribution >= 0.6 is 0 Å². The summed E-state index contributed by atoms with van der Waals surface area (Å²) in [4.78, 5) is 14.9. The van der Waals surface area contributed by atoms with Crippen molar-refractivity contribution in [2.75, 3.05) is 11.9 Å². The first-order chi connectivity index (χ1) is 12.7. The van der Waals surface area contributed by atoms with Crippen LogP contribution in [0.2, 0.25) is 0 Å². The van der Waals surface area contributed by atoms with E-state index in [2.05, 4.69) is 44.7 Å². The van der Waals surface area contributed by atoms with Crippen molar-refractivity contribution in [3.63, 3.8) is 0 Å². The zero-order valence-corrected chi connectivity index (χ0v) is 14.8. The molecule has 2 N–H and O–H groups in total. The van der Waals surface area contributed by atoms with Crippen LogP contribution in [-0.2, 0) is 19.5 Å². The molecule has 0 radical (unpaired) electrons. The lowest BCUT2D eigenvalue weighted by molar-refractivity contribution is 0.102. The van der Waals surface area contributed by atoms with E-state index < -0.39 is 0 Å². The van der Waals surface area contributed by atoms with Crippen LogP contribution in [0.1, 0.15) is 32.7 Å². The Hall–Kier alpha value is -2.92. The van der Waals surface area contributed by atoms with Crippen LogP contribution in [0.15, 0.2) is 54.6 Å². The number of benzene rings is 2. The SMILES string of the molecule is Cc1cccc(C(=O)Nc2n[nH]c3c2CN(CCc2ccccc2)C3)c1. The average molecular weight is 346 g/mol. The first kappa shape index (κ1) is 16.5. The highest BCUT2D eigenvalue weighted by atomic mass is 16.1. The van der Waals surface area contributed by atoms with Crippen LogP contribution < -0.4 is 5.32 Å². The Morgan fingerprint density at radius 2 is 2.00 bits per heavy atom. The monoisotopic (exact) mass is 346 g/mol. The highest BCUT2D eigenvalue weighted by Crippen LogP contribution is 2.27. The quantitative estimate of drug-likeness (QED) is 0.743. The van der Waals surface area contributed by atoms with E-state index in [1.807, 2.05) is 37.3 Å². The van der Waals surface area contributed by atoms with Crippen LogP contribution in [-0.4, -0.2) is 27.5 Å². The number of nitrogens with zero attached hydrogens (tertiary/aromatic N) is 2. The van der Waals surface area contributed by atoms with Gasteiger partial charge in [-0.25, -0.2) is 0 Å². The molecule has 5 heteroatoms. The Morgan fingerprint density at radius 3 is 2.81 bits per heavy atom. The maximum absolute atomic E-state index is 12.5. The van der Waals surface area contributed by atoms with E-state index in [-0.39, 0.29) is 5.91 Å². The lowest BCUT2D eigenvalue weighted by Gasteiger charge is -2.15. The zero-order chi connectivity index (χ0) is 17.9. The number of rotatable bonds is 5. The number of anilines is 1. The first-order valence-electron chi connectivity index (χ1n) is 8.89. The minimum absolute atomic E-state index is 0.120. The van der Waals surface area contributed by atoms with Gasteiger partial charge in [-0.05, 0) is 31.0 Å². The number of carbonyl (C=O) groups is 1. The Bertz CT molecular complexity index is 917. The molecule has 0 saturated carbocycles. The molecule has 1 aromatic heterocycles. The highest BCUT2D eigenvalue weighted by Gasteiger charge is 2.25. The topological polar surface area (TPSA) is 61.0 Å². The summed E-state index contributed by atoms with van der Waals surface area (Å²) in [5.74, 6) is 0.527. The van der Waals surface area contributed by atoms with E-state index in [1.54, 1.807) is 0 Å². The summed E-state index contributed by atoms with van der Waals surface area (Å²) in [6.45, 7) is 4.61. The predicted molar refractivity (Wildman–Crippen MR) is 102 cm³/mol. The van der Waals surface area contributed by atoms with Crippen LogP contribution in [0.5, 0.6) is 0 Å². The summed E-state index contributed by atoms with van der Waals surface area (Å²) in [5, 5.41) is 10.3. The summed E-state index contributed by atoms with van der Waals surface area (Å²) >= 11 is 0. The van der Waals surface area contributed by atoms with E-state index in [9.17, 15) is 4.79 Å². The second-order valence-electron chi connectivity index (χ2n) is 6.80. The van der Waals surface area contributed by atoms with E-state index >= 15 is 0 Å². The van der Waals surface area contributed by atoms with Crippen LogP contribution in [0.25, 0.3) is 0 Å². The summed E-state index contributed by atoms with van der Waals surface area (Å²) in [5.41, 5.74) is 5.25. The van der Waals surface area contributed by atoms with Crippen molar-refractivity contribution in [1.82, 2.24) is 15.1 Å². The van der Waals surface area contributed by atoms with Crippen LogP contribution in [0.4, 0.5) is 5.82 Å². The maximum atomic E-state index is 12.5. The van der Waals surface area contributed by atoms with Gasteiger partial charge in [-0.15, -0.1) is 0 Å². The van der Waals surface area contributed by atoms with Crippen LogP contribution in [0, 0.1) is 6.92 Å². The normalized spacial score (nSPS) is 13.6. The Balaban J connectivity index is 1.39. The number of amides is 1. The van der Waals surface area contributed by atoms with Gasteiger partial charge in [-0.3, -0.25) is 14.8 Å². The third kappa shape index (κ3) is 3.53. The summed E-state index contributed by atoms with van der Waals surface area (Å²) in [7, 11) is 0. The molecule has 0 saturated heterocycles. The van der Waals surface area contributed by atoms with Gasteiger partial charge in [0.15, 0.2) is 5.82 Å². The number of aromatic amines is 1. The number of fused-ring (bicyclic) bond motifs is 1. The maximum Gasteiger partial charge on any atom is 0.256 e. The van der Waals surface area contributed by atoms with Crippen molar-refractivity contribution in [1.29, 1.82) is 0 Å². The molecule has 0 spiro atoms. The van der Waals surface area contributed by atoms with Crippen molar-refractivity contribution in [2.24, 2.45) is 0 Å². The van der Waals surface area contributed by atoms with Gasteiger partial charge in [0.1, 0.15) is 0 Å². The second kappa shape index (κ2) is 7.14. The Kier molecular flexibility index (Phi) is 4.54. The van der Waals surface area contributed by atoms with E-state index in [4.69, 9.17) is 0 Å². The molecule has 5 nitrogen and oxygen atoms in total. The molecule has 2 heterocycles. The number of nitrogens with one attached hydrogen (secondary N) is 2. The van der Waals surface area contributed by atoms with Gasteiger partial charge in [0.2, 0.25) is 0 Å². The number of carbonyl (C=O) groups excluding carboxylic acids is 1. The summed E-state index contributed by atoms with van der Waals surface area (Å²) < 4.78 is 0. The van der Waals surface area contributed by atoms with Crippen molar-refractivity contribution in [3.05, 3.63) is 82.5 Å². The Morgan fingerprint density at radius 1 is 1.15 bits per heavy atom. The van der Waals surface area contributed by atoms with Crippen molar-refractivity contribution >= 4 is 11.7 Å². The molecule has 26 heavy (non-hydrogen) atoms. The molecule has 1 aliphatic rings. The number of aryl methyl sites for hydroxylation is 1. The molecule has 0 unspecified atom stereocenters. The van der Waals surface area contributed by atoms with E-state index in [1.165, 1.54) is 5.56 Å². The van der Waals surface area contributed by atoms with Gasteiger partial charge < -0.3 is 5.32 Å². The van der Waals surface area contributed by atoms with Gasteiger partial charge in [0.25, 0.3) is 5.91 Å². The fourth-order valence-electron chi connectivity index (χ4n) is 3.36. The molecule has 3 aromatic rings. The predicted octanol–water partition coefficient (Wildman–Crippen LogP) is 3.53. The smallest absolute Gasteiger partial charge is 0.256 e. The van der Waals surface area contributed by atoms with E-state index in [0.29, 0.717) is 11.4 Å². The molecule has 0 aliphatic carbocycles. The zero-order valence-electron chi connectivity index (χ0n) is 14.8. The molecule has 132 valence electrons. The second-order valence-corrected chi connectivity index (χ2v) is 6.80.